The van der Waals surface area contributed by atoms with Crippen molar-refractivity contribution in [1.29, 1.82) is 0 Å². The summed E-state index contributed by atoms with van der Waals surface area (Å²) in [4.78, 5) is 12.4. The van der Waals surface area contributed by atoms with Gasteiger partial charge in [-0.3, -0.25) is 4.79 Å². The van der Waals surface area contributed by atoms with Crippen LogP contribution in [-0.4, -0.2) is 18.5 Å². The van der Waals surface area contributed by atoms with Crippen molar-refractivity contribution in [3.63, 3.8) is 0 Å². The lowest BCUT2D eigenvalue weighted by Crippen LogP contribution is -2.47. The van der Waals surface area contributed by atoms with E-state index in [1.165, 1.54) is 18.4 Å². The second-order valence-electron chi connectivity index (χ2n) is 6.20. The summed E-state index contributed by atoms with van der Waals surface area (Å²) in [6.45, 7) is 4.53. The molecule has 1 amide bonds. The Morgan fingerprint density at radius 1 is 1.35 bits per heavy atom. The van der Waals surface area contributed by atoms with Crippen LogP contribution in [0, 0.1) is 11.3 Å². The van der Waals surface area contributed by atoms with Crippen molar-refractivity contribution in [2.75, 3.05) is 6.54 Å². The van der Waals surface area contributed by atoms with E-state index in [1.807, 2.05) is 32.0 Å². The fourth-order valence-corrected chi connectivity index (χ4v) is 2.42. The van der Waals surface area contributed by atoms with Crippen LogP contribution in [0.5, 0.6) is 0 Å². The van der Waals surface area contributed by atoms with Gasteiger partial charge in [-0.25, -0.2) is 0 Å². The molecule has 3 N–H and O–H groups in total. The molecule has 20 heavy (non-hydrogen) atoms. The topological polar surface area (TPSA) is 55.1 Å². The number of carbonyl (C=O) groups is 1. The van der Waals surface area contributed by atoms with Gasteiger partial charge in [-0.05, 0) is 30.7 Å². The molecule has 1 atom stereocenters. The molecule has 1 saturated carbocycles. The Balaban J connectivity index is 0.00000200. The Bertz CT molecular complexity index is 429. The zero-order valence-electron chi connectivity index (χ0n) is 12.3. The lowest BCUT2D eigenvalue weighted by Gasteiger charge is -2.27. The van der Waals surface area contributed by atoms with E-state index in [4.69, 9.17) is 5.73 Å². The molecule has 1 aliphatic rings. The molecule has 1 aliphatic carbocycles. The van der Waals surface area contributed by atoms with E-state index >= 15 is 0 Å². The van der Waals surface area contributed by atoms with E-state index < -0.39 is 5.41 Å². The van der Waals surface area contributed by atoms with Crippen molar-refractivity contribution < 1.29 is 4.79 Å². The molecule has 0 spiro atoms. The quantitative estimate of drug-likeness (QED) is 0.847. The van der Waals surface area contributed by atoms with Crippen molar-refractivity contribution >= 4 is 18.3 Å². The minimum absolute atomic E-state index is 0. The summed E-state index contributed by atoms with van der Waals surface area (Å²) in [6.07, 6.45) is 3.14. The number of nitrogens with two attached hydrogens (primary N) is 1. The van der Waals surface area contributed by atoms with Crippen LogP contribution in [0.1, 0.15) is 32.3 Å². The van der Waals surface area contributed by atoms with Gasteiger partial charge in [0.05, 0.1) is 0 Å². The van der Waals surface area contributed by atoms with Crippen LogP contribution in [-0.2, 0) is 11.2 Å². The molecule has 2 rings (SSSR count). The van der Waals surface area contributed by atoms with Gasteiger partial charge in [0, 0.05) is 18.0 Å². The molecule has 4 heteroatoms. The Morgan fingerprint density at radius 2 is 1.95 bits per heavy atom. The van der Waals surface area contributed by atoms with Crippen molar-refractivity contribution in [2.45, 2.75) is 39.2 Å². The van der Waals surface area contributed by atoms with E-state index in [-0.39, 0.29) is 24.4 Å². The first-order valence-electron chi connectivity index (χ1n) is 7.08. The fraction of sp³-hybridized carbons (Fsp3) is 0.562. The van der Waals surface area contributed by atoms with Gasteiger partial charge in [-0.1, -0.05) is 44.2 Å². The third-order valence-corrected chi connectivity index (χ3v) is 3.87. The number of carbonyl (C=O) groups excluding carboxylic acids is 1. The highest BCUT2D eigenvalue weighted by Gasteiger charge is 2.35. The highest BCUT2D eigenvalue weighted by Crippen LogP contribution is 2.33. The molecule has 0 bridgehead atoms. The lowest BCUT2D eigenvalue weighted by molar-refractivity contribution is -0.130. The highest BCUT2D eigenvalue weighted by molar-refractivity contribution is 5.85. The Morgan fingerprint density at radius 3 is 2.45 bits per heavy atom. The van der Waals surface area contributed by atoms with Gasteiger partial charge in [0.25, 0.3) is 0 Å². The van der Waals surface area contributed by atoms with Gasteiger partial charge in [0.2, 0.25) is 5.91 Å². The molecule has 0 aliphatic heterocycles. The third kappa shape index (κ3) is 4.50. The minimum Gasteiger partial charge on any atom is -0.351 e. The van der Waals surface area contributed by atoms with E-state index in [0.717, 1.165) is 6.42 Å². The maximum atomic E-state index is 12.4. The molecule has 1 unspecified atom stereocenters. The molecule has 1 aromatic carbocycles. The molecule has 1 fully saturated rings. The molecular weight excluding hydrogens is 272 g/mol. The summed E-state index contributed by atoms with van der Waals surface area (Å²) < 4.78 is 0. The van der Waals surface area contributed by atoms with Crippen LogP contribution in [0.4, 0.5) is 0 Å². The predicted octanol–water partition coefficient (Wildman–Crippen LogP) is 2.53. The van der Waals surface area contributed by atoms with E-state index in [2.05, 4.69) is 17.4 Å². The maximum Gasteiger partial charge on any atom is 0.226 e. The summed E-state index contributed by atoms with van der Waals surface area (Å²) in [5, 5.41) is 3.13. The van der Waals surface area contributed by atoms with Gasteiger partial charge in [-0.15, -0.1) is 12.4 Å². The van der Waals surface area contributed by atoms with Gasteiger partial charge in [0.15, 0.2) is 0 Å². The fourth-order valence-electron chi connectivity index (χ4n) is 2.42. The molecular formula is C16H25ClN2O. The first kappa shape index (κ1) is 17.0. The second kappa shape index (κ2) is 7.09. The zero-order valence-corrected chi connectivity index (χ0v) is 13.1. The van der Waals surface area contributed by atoms with E-state index in [0.29, 0.717) is 12.5 Å². The van der Waals surface area contributed by atoms with Gasteiger partial charge in [0.1, 0.15) is 0 Å². The Hall–Kier alpha value is -1.06. The second-order valence-corrected chi connectivity index (χ2v) is 6.20. The highest BCUT2D eigenvalue weighted by atomic mass is 35.5. The van der Waals surface area contributed by atoms with Crippen molar-refractivity contribution in [1.82, 2.24) is 5.32 Å². The number of amides is 1. The van der Waals surface area contributed by atoms with Gasteiger partial charge < -0.3 is 11.1 Å². The smallest absolute Gasteiger partial charge is 0.226 e. The molecule has 0 saturated heterocycles. The van der Waals surface area contributed by atoms with Crippen molar-refractivity contribution in [2.24, 2.45) is 17.1 Å². The number of rotatable bonds is 6. The molecule has 3 nitrogen and oxygen atoms in total. The lowest BCUT2D eigenvalue weighted by atomic mass is 9.84. The monoisotopic (exact) mass is 296 g/mol. The minimum atomic E-state index is -0.399. The summed E-state index contributed by atoms with van der Waals surface area (Å²) in [7, 11) is 0. The maximum absolute atomic E-state index is 12.4. The first-order valence-corrected chi connectivity index (χ1v) is 7.08. The zero-order chi connectivity index (χ0) is 13.9. The Labute approximate surface area is 127 Å². The number of hydrogen-bond acceptors (Lipinski definition) is 2. The van der Waals surface area contributed by atoms with Gasteiger partial charge in [-0.2, -0.15) is 0 Å². The van der Waals surface area contributed by atoms with Crippen molar-refractivity contribution in [3.05, 3.63) is 35.9 Å². The Kier molecular flexibility index (Phi) is 6.03. The van der Waals surface area contributed by atoms with E-state index in [1.54, 1.807) is 0 Å². The van der Waals surface area contributed by atoms with Gasteiger partial charge >= 0.3 is 0 Å². The number of halogens is 1. The normalized spacial score (nSPS) is 16.1. The van der Waals surface area contributed by atoms with Crippen molar-refractivity contribution in [3.8, 4) is 0 Å². The van der Waals surface area contributed by atoms with E-state index in [9.17, 15) is 4.79 Å². The van der Waals surface area contributed by atoms with Crippen LogP contribution >= 0.6 is 12.4 Å². The number of benzene rings is 1. The SMILES string of the molecule is CC(C)(Cc1ccccc1)C(=O)NC(CN)C1CC1.Cl. The van der Waals surface area contributed by atoms with Crippen LogP contribution in [0.3, 0.4) is 0 Å². The molecule has 112 valence electrons. The molecule has 0 aromatic heterocycles. The predicted molar refractivity (Wildman–Crippen MR) is 84.9 cm³/mol. The summed E-state index contributed by atoms with van der Waals surface area (Å²) in [6, 6.07) is 10.3. The summed E-state index contributed by atoms with van der Waals surface area (Å²) >= 11 is 0. The largest absolute Gasteiger partial charge is 0.351 e. The third-order valence-electron chi connectivity index (χ3n) is 3.87. The van der Waals surface area contributed by atoms with Crippen LogP contribution < -0.4 is 11.1 Å². The summed E-state index contributed by atoms with van der Waals surface area (Å²) in [5.41, 5.74) is 6.54. The molecule has 1 aromatic rings. The number of nitrogens with one attached hydrogen (secondary N) is 1. The van der Waals surface area contributed by atoms with Crippen LogP contribution in [0.2, 0.25) is 0 Å². The van der Waals surface area contributed by atoms with Crippen LogP contribution in [0.15, 0.2) is 30.3 Å². The van der Waals surface area contributed by atoms with Crippen LogP contribution in [0.25, 0.3) is 0 Å². The average Bonchev–Trinajstić information content (AvgIpc) is 3.20. The molecule has 0 radical (unpaired) electrons. The average molecular weight is 297 g/mol. The summed E-state index contributed by atoms with van der Waals surface area (Å²) in [5.74, 6) is 0.708. The standard InChI is InChI=1S/C16H24N2O.ClH/c1-16(2,10-12-6-4-3-5-7-12)15(19)18-14(11-17)13-8-9-13;/h3-7,13-14H,8-11,17H2,1-2H3,(H,18,19);1H. The molecule has 0 heterocycles. The number of hydrogen-bond donors (Lipinski definition) is 2. The first-order chi connectivity index (χ1) is 9.03.